The first-order chi connectivity index (χ1) is 8.70. The summed E-state index contributed by atoms with van der Waals surface area (Å²) >= 11 is 6.11. The van der Waals surface area contributed by atoms with Crippen molar-refractivity contribution in [2.45, 2.75) is 33.5 Å². The van der Waals surface area contributed by atoms with Crippen LogP contribution in [-0.2, 0) is 19.6 Å². The molecule has 3 nitrogen and oxygen atoms in total. The third-order valence-electron chi connectivity index (χ3n) is 2.86. The van der Waals surface area contributed by atoms with E-state index in [4.69, 9.17) is 11.6 Å². The summed E-state index contributed by atoms with van der Waals surface area (Å²) in [7, 11) is 0. The topological polar surface area (TPSA) is 29.9 Å². The molecule has 18 heavy (non-hydrogen) atoms. The Kier molecular flexibility index (Phi) is 4.39. The van der Waals surface area contributed by atoms with E-state index in [1.54, 1.807) is 0 Å². The summed E-state index contributed by atoms with van der Waals surface area (Å²) < 4.78 is 2.02. The number of hydrogen-bond donors (Lipinski definition) is 1. The van der Waals surface area contributed by atoms with E-state index in [9.17, 15) is 0 Å². The van der Waals surface area contributed by atoms with Crippen LogP contribution in [0.25, 0.3) is 0 Å². The minimum Gasteiger partial charge on any atom is -0.307 e. The molecule has 96 valence electrons. The first-order valence-electron chi connectivity index (χ1n) is 6.18. The van der Waals surface area contributed by atoms with Crippen molar-refractivity contribution in [1.82, 2.24) is 15.1 Å². The molecule has 1 heterocycles. The molecule has 0 spiro atoms. The number of halogens is 1. The Labute approximate surface area is 113 Å². The van der Waals surface area contributed by atoms with Gasteiger partial charge >= 0.3 is 0 Å². The van der Waals surface area contributed by atoms with Gasteiger partial charge in [-0.05, 0) is 31.5 Å². The number of rotatable bonds is 5. The van der Waals surface area contributed by atoms with E-state index in [2.05, 4.69) is 23.4 Å². The predicted molar refractivity (Wildman–Crippen MR) is 74.6 cm³/mol. The van der Waals surface area contributed by atoms with Crippen LogP contribution in [0.5, 0.6) is 0 Å². The molecule has 0 radical (unpaired) electrons. The molecule has 4 heteroatoms. The van der Waals surface area contributed by atoms with Crippen LogP contribution in [0.1, 0.15) is 23.9 Å². The lowest BCUT2D eigenvalue weighted by atomic mass is 10.2. The average molecular weight is 264 g/mol. The fraction of sp³-hybridized carbons (Fsp3) is 0.357. The number of nitrogens with one attached hydrogen (secondary N) is 1. The van der Waals surface area contributed by atoms with E-state index in [0.717, 1.165) is 35.9 Å². The first-order valence-corrected chi connectivity index (χ1v) is 6.56. The molecule has 1 N–H and O–H groups in total. The Balaban J connectivity index is 1.94. The van der Waals surface area contributed by atoms with E-state index in [1.165, 1.54) is 5.69 Å². The number of aryl methyl sites for hydroxylation is 2. The molecule has 0 aliphatic rings. The molecule has 0 aliphatic carbocycles. The molecule has 0 aliphatic heterocycles. The summed E-state index contributed by atoms with van der Waals surface area (Å²) in [5.74, 6) is 0. The van der Waals surface area contributed by atoms with Crippen LogP contribution in [0.15, 0.2) is 30.3 Å². The van der Waals surface area contributed by atoms with Crippen LogP contribution < -0.4 is 5.32 Å². The second-order valence-electron chi connectivity index (χ2n) is 4.29. The maximum atomic E-state index is 6.11. The quantitative estimate of drug-likeness (QED) is 0.898. The Hall–Kier alpha value is -1.32. The van der Waals surface area contributed by atoms with Gasteiger partial charge < -0.3 is 5.32 Å². The molecule has 1 aromatic carbocycles. The maximum Gasteiger partial charge on any atom is 0.0597 e. The molecule has 0 amide bonds. The van der Waals surface area contributed by atoms with Gasteiger partial charge in [-0.3, -0.25) is 4.68 Å². The van der Waals surface area contributed by atoms with Gasteiger partial charge in [0.15, 0.2) is 0 Å². The Bertz CT molecular complexity index is 520. The molecule has 0 saturated heterocycles. The Morgan fingerprint density at radius 1 is 1.28 bits per heavy atom. The van der Waals surface area contributed by atoms with E-state index in [-0.39, 0.29) is 0 Å². The van der Waals surface area contributed by atoms with Crippen LogP contribution in [0, 0.1) is 6.92 Å². The summed E-state index contributed by atoms with van der Waals surface area (Å²) in [6.45, 7) is 6.60. The van der Waals surface area contributed by atoms with Gasteiger partial charge in [-0.2, -0.15) is 5.10 Å². The standard InChI is InChI=1S/C14H18ClN3/c1-3-18-13(8-11(2)17-18)10-16-9-12-6-4-5-7-14(12)15/h4-8,16H,3,9-10H2,1-2H3. The van der Waals surface area contributed by atoms with Gasteiger partial charge in [-0.25, -0.2) is 0 Å². The third kappa shape index (κ3) is 3.12. The van der Waals surface area contributed by atoms with Crippen LogP contribution in [0.4, 0.5) is 0 Å². The summed E-state index contributed by atoms with van der Waals surface area (Å²) in [5, 5.41) is 8.63. The van der Waals surface area contributed by atoms with Gasteiger partial charge in [0.2, 0.25) is 0 Å². The Morgan fingerprint density at radius 3 is 2.78 bits per heavy atom. The van der Waals surface area contributed by atoms with Crippen LogP contribution in [0.2, 0.25) is 5.02 Å². The van der Waals surface area contributed by atoms with Crippen LogP contribution >= 0.6 is 11.6 Å². The smallest absolute Gasteiger partial charge is 0.0597 e. The van der Waals surface area contributed by atoms with Crippen molar-refractivity contribution >= 4 is 11.6 Å². The molecule has 1 aromatic heterocycles. The van der Waals surface area contributed by atoms with Crippen LogP contribution in [-0.4, -0.2) is 9.78 Å². The van der Waals surface area contributed by atoms with E-state index >= 15 is 0 Å². The highest BCUT2D eigenvalue weighted by Crippen LogP contribution is 2.14. The van der Waals surface area contributed by atoms with Gasteiger partial charge in [-0.15, -0.1) is 0 Å². The summed E-state index contributed by atoms with van der Waals surface area (Å²) in [6.07, 6.45) is 0. The average Bonchev–Trinajstić information content (AvgIpc) is 2.72. The van der Waals surface area contributed by atoms with Crippen molar-refractivity contribution < 1.29 is 0 Å². The van der Waals surface area contributed by atoms with Crippen molar-refractivity contribution in [1.29, 1.82) is 0 Å². The number of benzene rings is 1. The lowest BCUT2D eigenvalue weighted by Gasteiger charge is -2.08. The number of nitrogens with zero attached hydrogens (tertiary/aromatic N) is 2. The van der Waals surface area contributed by atoms with E-state index in [0.29, 0.717) is 0 Å². The van der Waals surface area contributed by atoms with Gasteiger partial charge in [0.25, 0.3) is 0 Å². The molecular formula is C14H18ClN3. The summed E-state index contributed by atoms with van der Waals surface area (Å²) in [6, 6.07) is 10.0. The monoisotopic (exact) mass is 263 g/mol. The molecule has 2 aromatic rings. The minimum absolute atomic E-state index is 0.771. The van der Waals surface area contributed by atoms with E-state index < -0.39 is 0 Å². The molecular weight excluding hydrogens is 246 g/mol. The zero-order valence-corrected chi connectivity index (χ0v) is 11.5. The number of aromatic nitrogens is 2. The van der Waals surface area contributed by atoms with Gasteiger partial charge in [-0.1, -0.05) is 29.8 Å². The fourth-order valence-corrected chi connectivity index (χ4v) is 2.18. The molecule has 0 unspecified atom stereocenters. The van der Waals surface area contributed by atoms with Crippen molar-refractivity contribution in [3.8, 4) is 0 Å². The summed E-state index contributed by atoms with van der Waals surface area (Å²) in [5.41, 5.74) is 3.40. The first kappa shape index (κ1) is 13.1. The molecule has 2 rings (SSSR count). The third-order valence-corrected chi connectivity index (χ3v) is 3.23. The lowest BCUT2D eigenvalue weighted by Crippen LogP contribution is -2.16. The molecule has 0 bridgehead atoms. The largest absolute Gasteiger partial charge is 0.307 e. The molecule has 0 fully saturated rings. The highest BCUT2D eigenvalue weighted by molar-refractivity contribution is 6.31. The summed E-state index contributed by atoms with van der Waals surface area (Å²) in [4.78, 5) is 0. The molecule has 0 saturated carbocycles. The normalized spacial score (nSPS) is 10.8. The van der Waals surface area contributed by atoms with Crippen molar-refractivity contribution in [2.75, 3.05) is 0 Å². The molecule has 0 atom stereocenters. The highest BCUT2D eigenvalue weighted by atomic mass is 35.5. The second-order valence-corrected chi connectivity index (χ2v) is 4.69. The SMILES string of the molecule is CCn1nc(C)cc1CNCc1ccccc1Cl. The van der Waals surface area contributed by atoms with Crippen molar-refractivity contribution in [3.05, 3.63) is 52.3 Å². The highest BCUT2D eigenvalue weighted by Gasteiger charge is 2.04. The van der Waals surface area contributed by atoms with Gasteiger partial charge in [0.05, 0.1) is 11.4 Å². The maximum absolute atomic E-state index is 6.11. The predicted octanol–water partition coefficient (Wildman–Crippen LogP) is 3.15. The lowest BCUT2D eigenvalue weighted by molar-refractivity contribution is 0.579. The second kappa shape index (κ2) is 6.03. The van der Waals surface area contributed by atoms with Gasteiger partial charge in [0, 0.05) is 24.7 Å². The minimum atomic E-state index is 0.771. The van der Waals surface area contributed by atoms with Gasteiger partial charge in [0.1, 0.15) is 0 Å². The van der Waals surface area contributed by atoms with Crippen molar-refractivity contribution in [3.63, 3.8) is 0 Å². The van der Waals surface area contributed by atoms with E-state index in [1.807, 2.05) is 35.9 Å². The van der Waals surface area contributed by atoms with Crippen molar-refractivity contribution in [2.24, 2.45) is 0 Å². The fourth-order valence-electron chi connectivity index (χ4n) is 1.98. The Morgan fingerprint density at radius 2 is 2.06 bits per heavy atom. The zero-order valence-electron chi connectivity index (χ0n) is 10.8. The zero-order chi connectivity index (χ0) is 13.0. The van der Waals surface area contributed by atoms with Crippen LogP contribution in [0.3, 0.4) is 0 Å². The number of hydrogen-bond acceptors (Lipinski definition) is 2.